The molecule has 5 heteroatoms. The van der Waals surface area contributed by atoms with Crippen LogP contribution in [0.2, 0.25) is 0 Å². The number of fused-ring (bicyclic) bond motifs is 6. The summed E-state index contributed by atoms with van der Waals surface area (Å²) in [5, 5.41) is 5.66. The van der Waals surface area contributed by atoms with Crippen molar-refractivity contribution in [3.63, 3.8) is 0 Å². The van der Waals surface area contributed by atoms with Gasteiger partial charge in [0, 0.05) is 49.0 Å². The van der Waals surface area contributed by atoms with Gasteiger partial charge in [0.05, 0.1) is 5.58 Å². The second kappa shape index (κ2) is 13.6. The molecular weight excluding hydrogens is 779 g/mol. The van der Waals surface area contributed by atoms with Crippen molar-refractivity contribution in [1.82, 2.24) is 15.0 Å². The van der Waals surface area contributed by atoms with Gasteiger partial charge in [0.25, 0.3) is 0 Å². The van der Waals surface area contributed by atoms with E-state index in [2.05, 4.69) is 97.7 Å². The van der Waals surface area contributed by atoms with E-state index in [4.69, 9.17) is 14.4 Å². The van der Waals surface area contributed by atoms with E-state index in [1.54, 1.807) is 6.20 Å². The predicted octanol–water partition coefficient (Wildman–Crippen LogP) is 11.3. The first-order valence-corrected chi connectivity index (χ1v) is 16.0. The Morgan fingerprint density at radius 2 is 1.33 bits per heavy atom. The van der Waals surface area contributed by atoms with Gasteiger partial charge in [-0.3, -0.25) is 0 Å². The van der Waals surface area contributed by atoms with E-state index in [1.165, 1.54) is 27.5 Å². The van der Waals surface area contributed by atoms with Crippen molar-refractivity contribution in [1.29, 1.82) is 0 Å². The molecule has 4 aromatic heterocycles. The van der Waals surface area contributed by atoms with Crippen LogP contribution < -0.4 is 0 Å². The molecule has 1 radical (unpaired) electrons. The molecule has 239 valence electrons. The smallest absolute Gasteiger partial charge is 0.147 e. The van der Waals surface area contributed by atoms with Crippen molar-refractivity contribution in [2.24, 2.45) is 0 Å². The average Bonchev–Trinajstić information content (AvgIpc) is 3.52. The number of hydrogen-bond acceptors (Lipinski definition) is 4. The molecule has 0 amide bonds. The minimum atomic E-state index is 0. The van der Waals surface area contributed by atoms with Crippen LogP contribution in [0.4, 0.5) is 0 Å². The Morgan fingerprint density at radius 3 is 2.12 bits per heavy atom. The van der Waals surface area contributed by atoms with Gasteiger partial charge in [-0.1, -0.05) is 77.7 Å². The van der Waals surface area contributed by atoms with Crippen molar-refractivity contribution in [2.45, 2.75) is 20.8 Å². The van der Waals surface area contributed by atoms with Crippen LogP contribution in [0.5, 0.6) is 0 Å². The molecule has 9 aromatic rings. The molecular formula is C44H31IrN3O-2. The molecule has 0 fully saturated rings. The third-order valence-electron chi connectivity index (χ3n) is 8.79. The summed E-state index contributed by atoms with van der Waals surface area (Å²) in [5.41, 5.74) is 12.0. The SMILES string of the molecule is Cc1ccc2ccc3c4cc[c-]c(-c5cc(-c6cc7ccccc7cc6C)c(C)cn5)c4oc3c2n1.[Ir].[c-]1ccccc1-c1ccccn1. The van der Waals surface area contributed by atoms with E-state index >= 15 is 0 Å². The first kappa shape index (κ1) is 32.1. The largest absolute Gasteiger partial charge is 0.498 e. The van der Waals surface area contributed by atoms with Gasteiger partial charge < -0.3 is 14.4 Å². The van der Waals surface area contributed by atoms with Crippen molar-refractivity contribution < 1.29 is 24.5 Å². The third kappa shape index (κ3) is 6.15. The van der Waals surface area contributed by atoms with Gasteiger partial charge in [0.1, 0.15) is 11.1 Å². The quantitative estimate of drug-likeness (QED) is 0.167. The molecule has 0 aliphatic heterocycles. The molecule has 0 bridgehead atoms. The summed E-state index contributed by atoms with van der Waals surface area (Å²) in [4.78, 5) is 13.8. The first-order chi connectivity index (χ1) is 23.5. The zero-order chi connectivity index (χ0) is 32.6. The Labute approximate surface area is 298 Å². The number of nitrogens with zero attached hydrogens (tertiary/aromatic N) is 3. The summed E-state index contributed by atoms with van der Waals surface area (Å²) in [5.74, 6) is 0. The minimum absolute atomic E-state index is 0. The summed E-state index contributed by atoms with van der Waals surface area (Å²) >= 11 is 0. The van der Waals surface area contributed by atoms with Crippen LogP contribution in [-0.4, -0.2) is 15.0 Å². The van der Waals surface area contributed by atoms with Gasteiger partial charge in [-0.2, -0.15) is 0 Å². The van der Waals surface area contributed by atoms with Crippen LogP contribution in [0, 0.1) is 32.9 Å². The standard InChI is InChI=1S/C33H23N2O.C11H8N.Ir/c1-19-15-23-7-4-5-8-24(23)16-28(19)29-17-30(34-18-20(29)2)27-10-6-9-25-26-14-13-22-12-11-21(3)35-31(22)33(26)36-32(25)27;1-2-6-10(7-3-1)11-8-4-5-9-12-11;/h4-9,11-18H,1-3H3;1-6,8-9H;/q2*-1;. The first-order valence-electron chi connectivity index (χ1n) is 16.0. The second-order valence-corrected chi connectivity index (χ2v) is 12.1. The van der Waals surface area contributed by atoms with Crippen molar-refractivity contribution in [2.75, 3.05) is 0 Å². The number of pyridine rings is 3. The number of rotatable bonds is 3. The molecule has 0 unspecified atom stereocenters. The Hall–Kier alpha value is -5.48. The zero-order valence-corrected chi connectivity index (χ0v) is 29.7. The fraction of sp³-hybridized carbons (Fsp3) is 0.0682. The van der Waals surface area contributed by atoms with Crippen LogP contribution in [-0.2, 0) is 20.1 Å². The zero-order valence-electron chi connectivity index (χ0n) is 27.3. The summed E-state index contributed by atoms with van der Waals surface area (Å²) < 4.78 is 6.53. The predicted molar refractivity (Wildman–Crippen MR) is 197 cm³/mol. The Morgan fingerprint density at radius 1 is 0.571 bits per heavy atom. The topological polar surface area (TPSA) is 51.8 Å². The summed E-state index contributed by atoms with van der Waals surface area (Å²) in [6.45, 7) is 6.30. The van der Waals surface area contributed by atoms with Crippen LogP contribution in [0.1, 0.15) is 16.8 Å². The maximum Gasteiger partial charge on any atom is 0.147 e. The van der Waals surface area contributed by atoms with E-state index < -0.39 is 0 Å². The van der Waals surface area contributed by atoms with Gasteiger partial charge in [-0.05, 0) is 83.4 Å². The van der Waals surface area contributed by atoms with Crippen molar-refractivity contribution in [3.8, 4) is 33.6 Å². The van der Waals surface area contributed by atoms with E-state index in [1.807, 2.05) is 67.7 Å². The molecule has 9 rings (SSSR count). The van der Waals surface area contributed by atoms with Crippen molar-refractivity contribution >= 4 is 43.6 Å². The molecule has 5 aromatic carbocycles. The number of furan rings is 1. The normalized spacial score (nSPS) is 11.0. The van der Waals surface area contributed by atoms with E-state index in [-0.39, 0.29) is 20.1 Å². The fourth-order valence-corrected chi connectivity index (χ4v) is 6.34. The van der Waals surface area contributed by atoms with Gasteiger partial charge in [-0.15, -0.1) is 54.1 Å². The van der Waals surface area contributed by atoms with Gasteiger partial charge in [-0.25, -0.2) is 4.98 Å². The van der Waals surface area contributed by atoms with E-state index in [9.17, 15) is 0 Å². The number of hydrogen-bond donors (Lipinski definition) is 0. The minimum Gasteiger partial charge on any atom is -0.498 e. The summed E-state index contributed by atoms with van der Waals surface area (Å²) in [6, 6.07) is 47.8. The molecule has 0 saturated carbocycles. The maximum absolute atomic E-state index is 6.53. The molecule has 0 N–H and O–H groups in total. The van der Waals surface area contributed by atoms with Crippen LogP contribution in [0.25, 0.3) is 77.3 Å². The molecule has 4 nitrogen and oxygen atoms in total. The number of aromatic nitrogens is 3. The monoisotopic (exact) mass is 810 g/mol. The fourth-order valence-electron chi connectivity index (χ4n) is 6.34. The summed E-state index contributed by atoms with van der Waals surface area (Å²) in [6.07, 6.45) is 3.74. The van der Waals surface area contributed by atoms with Crippen LogP contribution in [0.3, 0.4) is 0 Å². The van der Waals surface area contributed by atoms with Gasteiger partial charge in [0.2, 0.25) is 0 Å². The molecule has 4 heterocycles. The van der Waals surface area contributed by atoms with Crippen molar-refractivity contribution in [3.05, 3.63) is 163 Å². The molecule has 0 aliphatic rings. The van der Waals surface area contributed by atoms with E-state index in [0.717, 1.165) is 66.6 Å². The molecule has 0 atom stereocenters. The van der Waals surface area contributed by atoms with E-state index in [0.29, 0.717) is 0 Å². The Bertz CT molecular complexity index is 2560. The Kier molecular flexibility index (Phi) is 8.88. The molecule has 0 aliphatic carbocycles. The maximum atomic E-state index is 6.53. The van der Waals surface area contributed by atoms with Gasteiger partial charge in [0.15, 0.2) is 0 Å². The van der Waals surface area contributed by atoms with Crippen LogP contribution in [0.15, 0.2) is 138 Å². The average molecular weight is 810 g/mol. The molecule has 49 heavy (non-hydrogen) atoms. The second-order valence-electron chi connectivity index (χ2n) is 12.1. The summed E-state index contributed by atoms with van der Waals surface area (Å²) in [7, 11) is 0. The van der Waals surface area contributed by atoms with Crippen LogP contribution >= 0.6 is 0 Å². The third-order valence-corrected chi connectivity index (χ3v) is 8.79. The van der Waals surface area contributed by atoms with Gasteiger partial charge >= 0.3 is 0 Å². The molecule has 0 spiro atoms. The number of benzene rings is 5. The number of aryl methyl sites for hydroxylation is 3. The molecule has 0 saturated heterocycles. The Balaban J connectivity index is 0.000000246.